The second-order valence-electron chi connectivity index (χ2n) is 5.42. The van der Waals surface area contributed by atoms with Crippen LogP contribution in [0.2, 0.25) is 0 Å². The van der Waals surface area contributed by atoms with Crippen molar-refractivity contribution in [3.05, 3.63) is 60.1 Å². The zero-order chi connectivity index (χ0) is 16.1. The van der Waals surface area contributed by atoms with Gasteiger partial charge in [-0.05, 0) is 49.2 Å². The molecule has 0 radical (unpaired) electrons. The van der Waals surface area contributed by atoms with Gasteiger partial charge in [-0.15, -0.1) is 0 Å². The van der Waals surface area contributed by atoms with Gasteiger partial charge in [-0.1, -0.05) is 6.07 Å². The SMILES string of the molecule is O=C(C=Cc1ccco1)Nc1cccc(C(=O)N2CCCC2)c1. The van der Waals surface area contributed by atoms with Crippen LogP contribution in [0.5, 0.6) is 0 Å². The molecule has 0 atom stereocenters. The predicted molar refractivity (Wildman–Crippen MR) is 88.0 cm³/mol. The lowest BCUT2D eigenvalue weighted by atomic mass is 10.1. The number of benzene rings is 1. The lowest BCUT2D eigenvalue weighted by Gasteiger charge is -2.15. The number of anilines is 1. The molecule has 2 aromatic rings. The van der Waals surface area contributed by atoms with Gasteiger partial charge in [0.2, 0.25) is 5.91 Å². The Morgan fingerprint density at radius 1 is 1.13 bits per heavy atom. The van der Waals surface area contributed by atoms with Crippen LogP contribution in [0.15, 0.2) is 53.2 Å². The minimum absolute atomic E-state index is 0.0183. The summed E-state index contributed by atoms with van der Waals surface area (Å²) in [6.45, 7) is 1.61. The Morgan fingerprint density at radius 3 is 2.70 bits per heavy atom. The summed E-state index contributed by atoms with van der Waals surface area (Å²) in [5, 5.41) is 2.75. The number of furan rings is 1. The third kappa shape index (κ3) is 3.88. The average Bonchev–Trinajstić information content (AvgIpc) is 3.26. The van der Waals surface area contributed by atoms with Crippen LogP contribution in [0.3, 0.4) is 0 Å². The van der Waals surface area contributed by atoms with Crippen molar-refractivity contribution in [1.82, 2.24) is 4.90 Å². The highest BCUT2D eigenvalue weighted by Crippen LogP contribution is 2.16. The summed E-state index contributed by atoms with van der Waals surface area (Å²) in [6.07, 6.45) is 6.65. The second kappa shape index (κ2) is 6.96. The van der Waals surface area contributed by atoms with Gasteiger partial charge in [0, 0.05) is 30.4 Å². The number of hydrogen-bond acceptors (Lipinski definition) is 3. The summed E-state index contributed by atoms with van der Waals surface area (Å²) in [4.78, 5) is 26.1. The third-order valence-electron chi connectivity index (χ3n) is 3.71. The van der Waals surface area contributed by atoms with Crippen LogP contribution in [0.1, 0.15) is 29.0 Å². The van der Waals surface area contributed by atoms with Gasteiger partial charge in [-0.2, -0.15) is 0 Å². The van der Waals surface area contributed by atoms with Crippen molar-refractivity contribution >= 4 is 23.6 Å². The molecule has 0 bridgehead atoms. The van der Waals surface area contributed by atoms with Crippen molar-refractivity contribution in [1.29, 1.82) is 0 Å². The number of likely N-dealkylation sites (tertiary alicyclic amines) is 1. The number of nitrogens with one attached hydrogen (secondary N) is 1. The summed E-state index contributed by atoms with van der Waals surface area (Å²) in [7, 11) is 0. The standard InChI is InChI=1S/C18H18N2O3/c21-17(9-8-16-7-4-12-23-16)19-15-6-3-5-14(13-15)18(22)20-10-1-2-11-20/h3-9,12-13H,1-2,10-11H2,(H,19,21). The molecule has 23 heavy (non-hydrogen) atoms. The minimum Gasteiger partial charge on any atom is -0.465 e. The maximum atomic E-state index is 12.4. The van der Waals surface area contributed by atoms with Gasteiger partial charge in [-0.25, -0.2) is 0 Å². The summed E-state index contributed by atoms with van der Waals surface area (Å²) in [5.74, 6) is 0.356. The summed E-state index contributed by atoms with van der Waals surface area (Å²) < 4.78 is 5.12. The minimum atomic E-state index is -0.271. The van der Waals surface area contributed by atoms with E-state index in [4.69, 9.17) is 4.42 Å². The maximum absolute atomic E-state index is 12.4. The van der Waals surface area contributed by atoms with Crippen LogP contribution in [0.25, 0.3) is 6.08 Å². The molecule has 0 spiro atoms. The average molecular weight is 310 g/mol. The number of amides is 2. The Balaban J connectivity index is 1.65. The van der Waals surface area contributed by atoms with Gasteiger partial charge in [0.1, 0.15) is 5.76 Å². The molecule has 2 heterocycles. The van der Waals surface area contributed by atoms with Gasteiger partial charge in [0.25, 0.3) is 5.91 Å². The van der Waals surface area contributed by atoms with Crippen molar-refractivity contribution in [3.8, 4) is 0 Å². The van der Waals surface area contributed by atoms with E-state index < -0.39 is 0 Å². The van der Waals surface area contributed by atoms with Gasteiger partial charge in [0.05, 0.1) is 6.26 Å². The van der Waals surface area contributed by atoms with Crippen molar-refractivity contribution in [3.63, 3.8) is 0 Å². The van der Waals surface area contributed by atoms with Crippen molar-refractivity contribution in [2.24, 2.45) is 0 Å². The fourth-order valence-corrected chi connectivity index (χ4v) is 2.56. The smallest absolute Gasteiger partial charge is 0.253 e. The van der Waals surface area contributed by atoms with Crippen LogP contribution < -0.4 is 5.32 Å². The largest absolute Gasteiger partial charge is 0.465 e. The van der Waals surface area contributed by atoms with E-state index in [1.165, 1.54) is 6.08 Å². The molecule has 118 valence electrons. The predicted octanol–water partition coefficient (Wildman–Crippen LogP) is 3.17. The van der Waals surface area contributed by atoms with E-state index in [2.05, 4.69) is 5.32 Å². The Morgan fingerprint density at radius 2 is 1.96 bits per heavy atom. The zero-order valence-electron chi connectivity index (χ0n) is 12.7. The molecular formula is C18H18N2O3. The fourth-order valence-electron chi connectivity index (χ4n) is 2.56. The number of carbonyl (C=O) groups excluding carboxylic acids is 2. The molecule has 5 nitrogen and oxygen atoms in total. The first-order valence-corrected chi connectivity index (χ1v) is 7.64. The number of nitrogens with zero attached hydrogens (tertiary/aromatic N) is 1. The van der Waals surface area contributed by atoms with E-state index in [-0.39, 0.29) is 11.8 Å². The molecule has 1 aromatic carbocycles. The molecule has 0 aliphatic carbocycles. The molecule has 1 aromatic heterocycles. The Labute approximate surface area is 134 Å². The first-order chi connectivity index (χ1) is 11.2. The quantitative estimate of drug-likeness (QED) is 0.882. The van der Waals surface area contributed by atoms with Gasteiger partial charge in [0.15, 0.2) is 0 Å². The highest BCUT2D eigenvalue weighted by molar-refractivity contribution is 6.03. The molecule has 0 unspecified atom stereocenters. The van der Waals surface area contributed by atoms with E-state index in [1.807, 2.05) is 4.90 Å². The Hall–Kier alpha value is -2.82. The number of carbonyl (C=O) groups is 2. The number of hydrogen-bond donors (Lipinski definition) is 1. The fraction of sp³-hybridized carbons (Fsp3) is 0.222. The molecule has 1 aliphatic heterocycles. The van der Waals surface area contributed by atoms with Gasteiger partial charge < -0.3 is 14.6 Å². The highest BCUT2D eigenvalue weighted by Gasteiger charge is 2.19. The molecule has 1 aliphatic rings. The van der Waals surface area contributed by atoms with E-state index in [9.17, 15) is 9.59 Å². The lowest BCUT2D eigenvalue weighted by molar-refractivity contribution is -0.111. The van der Waals surface area contributed by atoms with Crippen molar-refractivity contribution in [2.45, 2.75) is 12.8 Å². The summed E-state index contributed by atoms with van der Waals surface area (Å²) >= 11 is 0. The zero-order valence-corrected chi connectivity index (χ0v) is 12.7. The number of rotatable bonds is 4. The summed E-state index contributed by atoms with van der Waals surface area (Å²) in [5.41, 5.74) is 1.20. The molecule has 3 rings (SSSR count). The molecule has 2 amide bonds. The van der Waals surface area contributed by atoms with E-state index in [0.29, 0.717) is 17.0 Å². The molecule has 1 saturated heterocycles. The highest BCUT2D eigenvalue weighted by atomic mass is 16.3. The monoisotopic (exact) mass is 310 g/mol. The molecule has 1 fully saturated rings. The second-order valence-corrected chi connectivity index (χ2v) is 5.42. The molecule has 1 N–H and O–H groups in total. The Bertz CT molecular complexity index is 714. The topological polar surface area (TPSA) is 62.6 Å². The normalized spacial score (nSPS) is 14.3. The Kier molecular flexibility index (Phi) is 4.57. The molecule has 5 heteroatoms. The van der Waals surface area contributed by atoms with Gasteiger partial charge >= 0.3 is 0 Å². The van der Waals surface area contributed by atoms with E-state index in [0.717, 1.165) is 25.9 Å². The first kappa shape index (κ1) is 15.1. The third-order valence-corrected chi connectivity index (χ3v) is 3.71. The van der Waals surface area contributed by atoms with Crippen molar-refractivity contribution < 1.29 is 14.0 Å². The van der Waals surface area contributed by atoms with E-state index in [1.54, 1.807) is 48.7 Å². The first-order valence-electron chi connectivity index (χ1n) is 7.64. The van der Waals surface area contributed by atoms with Gasteiger partial charge in [-0.3, -0.25) is 9.59 Å². The van der Waals surface area contributed by atoms with Crippen LogP contribution in [0.4, 0.5) is 5.69 Å². The molecular weight excluding hydrogens is 292 g/mol. The van der Waals surface area contributed by atoms with Crippen LogP contribution in [-0.4, -0.2) is 29.8 Å². The van der Waals surface area contributed by atoms with Crippen LogP contribution >= 0.6 is 0 Å². The maximum Gasteiger partial charge on any atom is 0.253 e. The lowest BCUT2D eigenvalue weighted by Crippen LogP contribution is -2.27. The van der Waals surface area contributed by atoms with Crippen LogP contribution in [0, 0.1) is 0 Å². The summed E-state index contributed by atoms with van der Waals surface area (Å²) in [6, 6.07) is 10.5. The molecule has 0 saturated carbocycles. The van der Waals surface area contributed by atoms with Crippen LogP contribution in [-0.2, 0) is 4.79 Å². The van der Waals surface area contributed by atoms with Crippen molar-refractivity contribution in [2.75, 3.05) is 18.4 Å². The van der Waals surface area contributed by atoms with E-state index >= 15 is 0 Å².